The normalized spacial score (nSPS) is 24.4. The summed E-state index contributed by atoms with van der Waals surface area (Å²) in [5.41, 5.74) is 5.86. The summed E-state index contributed by atoms with van der Waals surface area (Å²) in [5, 5.41) is 0. The first-order valence-electron chi connectivity index (χ1n) is 5.47. The van der Waals surface area contributed by atoms with E-state index >= 15 is 0 Å². The molecule has 1 aliphatic heterocycles. The van der Waals surface area contributed by atoms with Gasteiger partial charge in [0.1, 0.15) is 6.61 Å². The van der Waals surface area contributed by atoms with Crippen molar-refractivity contribution in [2.24, 2.45) is 11.7 Å². The third kappa shape index (κ3) is 5.67. The third-order valence-electron chi connectivity index (χ3n) is 2.66. The molecular formula is C10H18F3NO2. The molecule has 0 aromatic rings. The lowest BCUT2D eigenvalue weighted by atomic mass is 9.92. The zero-order valence-corrected chi connectivity index (χ0v) is 9.13. The van der Waals surface area contributed by atoms with Crippen LogP contribution in [0.1, 0.15) is 19.3 Å². The highest BCUT2D eigenvalue weighted by molar-refractivity contribution is 4.75. The predicted molar refractivity (Wildman–Crippen MR) is 53.0 cm³/mol. The van der Waals surface area contributed by atoms with Crippen LogP contribution < -0.4 is 5.73 Å². The fourth-order valence-electron chi connectivity index (χ4n) is 1.75. The summed E-state index contributed by atoms with van der Waals surface area (Å²) in [6.07, 6.45) is -1.84. The molecule has 2 N–H and O–H groups in total. The van der Waals surface area contributed by atoms with Crippen molar-refractivity contribution < 1.29 is 22.6 Å². The lowest BCUT2D eigenvalue weighted by molar-refractivity contribution is -0.174. The molecule has 6 heteroatoms. The Morgan fingerprint density at radius 2 is 2.19 bits per heavy atom. The van der Waals surface area contributed by atoms with Gasteiger partial charge in [0.15, 0.2) is 0 Å². The second kappa shape index (κ2) is 6.42. The van der Waals surface area contributed by atoms with Gasteiger partial charge < -0.3 is 15.2 Å². The lowest BCUT2D eigenvalue weighted by Crippen LogP contribution is -2.36. The molecule has 0 amide bonds. The highest BCUT2D eigenvalue weighted by Gasteiger charge is 2.27. The number of alkyl halides is 3. The average Bonchev–Trinajstić information content (AvgIpc) is 2.24. The molecule has 2 atom stereocenters. The molecule has 0 aliphatic carbocycles. The van der Waals surface area contributed by atoms with Gasteiger partial charge in [0.25, 0.3) is 0 Å². The molecule has 0 aromatic carbocycles. The van der Waals surface area contributed by atoms with E-state index in [4.69, 9.17) is 10.5 Å². The largest absolute Gasteiger partial charge is 0.411 e. The van der Waals surface area contributed by atoms with Crippen molar-refractivity contribution in [3.63, 3.8) is 0 Å². The Morgan fingerprint density at radius 3 is 2.75 bits per heavy atom. The quantitative estimate of drug-likeness (QED) is 0.745. The smallest absolute Gasteiger partial charge is 0.381 e. The van der Waals surface area contributed by atoms with E-state index in [0.29, 0.717) is 13.0 Å². The van der Waals surface area contributed by atoms with Crippen LogP contribution in [0, 0.1) is 5.92 Å². The molecule has 0 aromatic heterocycles. The van der Waals surface area contributed by atoms with Gasteiger partial charge in [-0.1, -0.05) is 0 Å². The minimum atomic E-state index is -4.25. The molecule has 0 radical (unpaired) electrons. The zero-order valence-electron chi connectivity index (χ0n) is 9.13. The van der Waals surface area contributed by atoms with Crippen LogP contribution in [0.5, 0.6) is 0 Å². The van der Waals surface area contributed by atoms with E-state index in [0.717, 1.165) is 19.4 Å². The summed E-state index contributed by atoms with van der Waals surface area (Å²) in [7, 11) is 0. The van der Waals surface area contributed by atoms with Crippen LogP contribution >= 0.6 is 0 Å². The predicted octanol–water partition coefficient (Wildman–Crippen LogP) is 1.71. The molecule has 16 heavy (non-hydrogen) atoms. The van der Waals surface area contributed by atoms with Gasteiger partial charge in [-0.25, -0.2) is 0 Å². The molecule has 1 rings (SSSR count). The Morgan fingerprint density at radius 1 is 1.44 bits per heavy atom. The third-order valence-corrected chi connectivity index (χ3v) is 2.66. The van der Waals surface area contributed by atoms with E-state index in [-0.39, 0.29) is 18.6 Å². The first-order chi connectivity index (χ1) is 7.49. The zero-order chi connectivity index (χ0) is 12.0. The SMILES string of the molecule is NC(CCOCC(F)(F)F)C1CCCOC1. The standard InChI is InChI=1S/C10H18F3NO2/c11-10(12,13)7-16-5-3-9(14)8-2-1-4-15-6-8/h8-9H,1-7,14H2. The van der Waals surface area contributed by atoms with Crippen LogP contribution in [0.25, 0.3) is 0 Å². The van der Waals surface area contributed by atoms with E-state index in [2.05, 4.69) is 4.74 Å². The molecule has 1 fully saturated rings. The summed E-state index contributed by atoms with van der Waals surface area (Å²) in [6, 6.07) is -0.131. The summed E-state index contributed by atoms with van der Waals surface area (Å²) in [6.45, 7) is 0.228. The Hall–Kier alpha value is -0.330. The molecule has 0 saturated carbocycles. The van der Waals surface area contributed by atoms with Gasteiger partial charge >= 0.3 is 6.18 Å². The van der Waals surface area contributed by atoms with Crippen LogP contribution in [-0.4, -0.2) is 38.6 Å². The number of rotatable bonds is 5. The molecule has 1 saturated heterocycles. The van der Waals surface area contributed by atoms with Gasteiger partial charge in [-0.2, -0.15) is 13.2 Å². The Labute approximate surface area is 93.1 Å². The second-order valence-electron chi connectivity index (χ2n) is 4.10. The Kier molecular flexibility index (Phi) is 5.51. The van der Waals surface area contributed by atoms with Crippen LogP contribution in [-0.2, 0) is 9.47 Å². The van der Waals surface area contributed by atoms with Gasteiger partial charge in [0, 0.05) is 19.3 Å². The lowest BCUT2D eigenvalue weighted by Gasteiger charge is -2.27. The molecule has 1 heterocycles. The van der Waals surface area contributed by atoms with Crippen molar-refractivity contribution in [3.8, 4) is 0 Å². The van der Waals surface area contributed by atoms with Crippen molar-refractivity contribution >= 4 is 0 Å². The fraction of sp³-hybridized carbons (Fsp3) is 1.00. The molecule has 0 bridgehead atoms. The van der Waals surface area contributed by atoms with Crippen LogP contribution in [0.4, 0.5) is 13.2 Å². The minimum Gasteiger partial charge on any atom is -0.381 e. The first-order valence-corrected chi connectivity index (χ1v) is 5.47. The number of hydrogen-bond donors (Lipinski definition) is 1. The maximum Gasteiger partial charge on any atom is 0.411 e. The maximum atomic E-state index is 11.8. The molecule has 1 aliphatic rings. The van der Waals surface area contributed by atoms with Crippen molar-refractivity contribution in [1.82, 2.24) is 0 Å². The van der Waals surface area contributed by atoms with Crippen LogP contribution in [0.15, 0.2) is 0 Å². The highest BCUT2D eigenvalue weighted by Crippen LogP contribution is 2.19. The van der Waals surface area contributed by atoms with Gasteiger partial charge in [-0.3, -0.25) is 0 Å². The minimum absolute atomic E-state index is 0.0528. The molecule has 3 nitrogen and oxygen atoms in total. The van der Waals surface area contributed by atoms with Gasteiger partial charge in [-0.05, 0) is 25.2 Å². The van der Waals surface area contributed by atoms with E-state index in [1.54, 1.807) is 0 Å². The Balaban J connectivity index is 2.07. The van der Waals surface area contributed by atoms with E-state index in [1.807, 2.05) is 0 Å². The van der Waals surface area contributed by atoms with Crippen molar-refractivity contribution in [3.05, 3.63) is 0 Å². The van der Waals surface area contributed by atoms with Crippen LogP contribution in [0.2, 0.25) is 0 Å². The van der Waals surface area contributed by atoms with Gasteiger partial charge in [-0.15, -0.1) is 0 Å². The van der Waals surface area contributed by atoms with E-state index in [1.165, 1.54) is 0 Å². The average molecular weight is 241 g/mol. The van der Waals surface area contributed by atoms with Gasteiger partial charge in [0.2, 0.25) is 0 Å². The van der Waals surface area contributed by atoms with Crippen molar-refractivity contribution in [1.29, 1.82) is 0 Å². The summed E-state index contributed by atoms with van der Waals surface area (Å²) >= 11 is 0. The van der Waals surface area contributed by atoms with E-state index in [9.17, 15) is 13.2 Å². The number of nitrogens with two attached hydrogens (primary N) is 1. The fourth-order valence-corrected chi connectivity index (χ4v) is 1.75. The van der Waals surface area contributed by atoms with Crippen molar-refractivity contribution in [2.75, 3.05) is 26.4 Å². The monoisotopic (exact) mass is 241 g/mol. The topological polar surface area (TPSA) is 44.5 Å². The summed E-state index contributed by atoms with van der Waals surface area (Å²) in [5.74, 6) is 0.253. The second-order valence-corrected chi connectivity index (χ2v) is 4.10. The molecule has 0 spiro atoms. The maximum absolute atomic E-state index is 11.8. The molecule has 96 valence electrons. The van der Waals surface area contributed by atoms with Gasteiger partial charge in [0.05, 0.1) is 6.61 Å². The van der Waals surface area contributed by atoms with Crippen molar-refractivity contribution in [2.45, 2.75) is 31.5 Å². The molecule has 2 unspecified atom stereocenters. The number of hydrogen-bond acceptors (Lipinski definition) is 3. The summed E-state index contributed by atoms with van der Waals surface area (Å²) in [4.78, 5) is 0. The van der Waals surface area contributed by atoms with Crippen LogP contribution in [0.3, 0.4) is 0 Å². The number of halogens is 3. The number of ether oxygens (including phenoxy) is 2. The summed E-state index contributed by atoms with van der Waals surface area (Å²) < 4.78 is 45.1. The first kappa shape index (κ1) is 13.7. The van der Waals surface area contributed by atoms with E-state index < -0.39 is 12.8 Å². The Bertz CT molecular complexity index is 193. The highest BCUT2D eigenvalue weighted by atomic mass is 19.4. The molecular weight excluding hydrogens is 223 g/mol.